The third-order valence-electron chi connectivity index (χ3n) is 4.93. The molecule has 1 heterocycles. The molecular weight excluding hydrogens is 481 g/mol. The predicted octanol–water partition coefficient (Wildman–Crippen LogP) is 3.55. The zero-order valence-electron chi connectivity index (χ0n) is 18.2. The van der Waals surface area contributed by atoms with E-state index in [2.05, 4.69) is 47.7 Å². The van der Waals surface area contributed by atoms with E-state index in [-0.39, 0.29) is 24.0 Å². The summed E-state index contributed by atoms with van der Waals surface area (Å²) in [6.45, 7) is 9.97. The van der Waals surface area contributed by atoms with Gasteiger partial charge >= 0.3 is 0 Å². The van der Waals surface area contributed by atoms with Gasteiger partial charge in [0.2, 0.25) is 0 Å². The molecule has 2 rings (SSSR count). The smallest absolute Gasteiger partial charge is 0.191 e. The second-order valence-electron chi connectivity index (χ2n) is 7.23. The average Bonchev–Trinajstić information content (AvgIpc) is 2.72. The van der Waals surface area contributed by atoms with Gasteiger partial charge in [-0.15, -0.1) is 24.0 Å². The molecule has 29 heavy (non-hydrogen) atoms. The quantitative estimate of drug-likeness (QED) is 0.203. The highest BCUT2D eigenvalue weighted by Gasteiger charge is 2.13. The lowest BCUT2D eigenvalue weighted by molar-refractivity contribution is 0.0205. The topological polar surface area (TPSA) is 64.1 Å². The van der Waals surface area contributed by atoms with E-state index >= 15 is 0 Å². The number of aliphatic imine (C=N–C) groups is 1. The van der Waals surface area contributed by atoms with Crippen molar-refractivity contribution in [2.24, 2.45) is 10.9 Å². The Morgan fingerprint density at radius 1 is 1.24 bits per heavy atom. The van der Waals surface area contributed by atoms with E-state index in [1.165, 1.54) is 5.56 Å². The van der Waals surface area contributed by atoms with Crippen molar-refractivity contribution in [3.8, 4) is 5.75 Å². The lowest BCUT2D eigenvalue weighted by atomic mass is 10.0. The highest BCUT2D eigenvalue weighted by Crippen LogP contribution is 2.19. The molecule has 1 aromatic rings. The number of hydrogen-bond donors (Lipinski definition) is 2. The maximum atomic E-state index is 5.81. The number of ether oxygens (including phenoxy) is 3. The summed E-state index contributed by atoms with van der Waals surface area (Å²) in [6.07, 6.45) is 4.11. The molecule has 0 radical (unpaired) electrons. The molecule has 1 fully saturated rings. The molecule has 0 amide bonds. The van der Waals surface area contributed by atoms with Crippen LogP contribution in [0.3, 0.4) is 0 Å². The minimum Gasteiger partial charge on any atom is -0.496 e. The number of aryl methyl sites for hydroxylation is 1. The first kappa shape index (κ1) is 26.0. The Hall–Kier alpha value is -1.06. The summed E-state index contributed by atoms with van der Waals surface area (Å²) < 4.78 is 16.6. The Kier molecular flexibility index (Phi) is 14.1. The SMILES string of the molecule is CCNC(=NCCCOCC1CCOCC1)NCCc1ccc(C)c(OC)c1.I. The van der Waals surface area contributed by atoms with Crippen LogP contribution in [-0.4, -0.2) is 59.1 Å². The van der Waals surface area contributed by atoms with Gasteiger partial charge in [-0.3, -0.25) is 4.99 Å². The standard InChI is InChI=1S/C22H37N3O3.HI/c1-4-23-22(24-11-5-13-28-17-20-9-14-27-15-10-20)25-12-8-19-7-6-18(2)21(16-19)26-3;/h6-7,16,20H,4-5,8-15,17H2,1-3H3,(H2,23,24,25);1H. The minimum atomic E-state index is 0. The molecule has 0 aliphatic carbocycles. The molecule has 2 N–H and O–H groups in total. The molecule has 0 spiro atoms. The number of methoxy groups -OCH3 is 1. The van der Waals surface area contributed by atoms with Crippen molar-refractivity contribution < 1.29 is 14.2 Å². The highest BCUT2D eigenvalue weighted by atomic mass is 127. The molecule has 0 atom stereocenters. The molecule has 1 aliphatic heterocycles. The molecule has 1 aromatic carbocycles. The van der Waals surface area contributed by atoms with Crippen molar-refractivity contribution in [3.05, 3.63) is 29.3 Å². The van der Waals surface area contributed by atoms with Gasteiger partial charge in [0.25, 0.3) is 0 Å². The molecular formula is C22H38IN3O3. The number of benzene rings is 1. The third-order valence-corrected chi connectivity index (χ3v) is 4.93. The van der Waals surface area contributed by atoms with Crippen LogP contribution >= 0.6 is 24.0 Å². The summed E-state index contributed by atoms with van der Waals surface area (Å²) in [4.78, 5) is 4.65. The number of nitrogens with one attached hydrogen (secondary N) is 2. The van der Waals surface area contributed by atoms with Crippen molar-refractivity contribution in [1.82, 2.24) is 10.6 Å². The van der Waals surface area contributed by atoms with Crippen LogP contribution in [0.1, 0.15) is 37.3 Å². The average molecular weight is 519 g/mol. The van der Waals surface area contributed by atoms with Crippen LogP contribution in [0.25, 0.3) is 0 Å². The first-order chi connectivity index (χ1) is 13.7. The van der Waals surface area contributed by atoms with E-state index in [0.29, 0.717) is 5.92 Å². The molecule has 1 saturated heterocycles. The summed E-state index contributed by atoms with van der Waals surface area (Å²) in [7, 11) is 1.72. The second kappa shape index (κ2) is 15.7. The molecule has 0 aromatic heterocycles. The monoisotopic (exact) mass is 519 g/mol. The minimum absolute atomic E-state index is 0. The summed E-state index contributed by atoms with van der Waals surface area (Å²) in [5.74, 6) is 2.47. The molecule has 6 nitrogen and oxygen atoms in total. The van der Waals surface area contributed by atoms with Gasteiger partial charge < -0.3 is 24.8 Å². The lowest BCUT2D eigenvalue weighted by Gasteiger charge is -2.21. The number of guanidine groups is 1. The van der Waals surface area contributed by atoms with Gasteiger partial charge in [-0.1, -0.05) is 12.1 Å². The third kappa shape index (κ3) is 10.5. The fourth-order valence-electron chi connectivity index (χ4n) is 3.21. The van der Waals surface area contributed by atoms with Gasteiger partial charge in [0.05, 0.1) is 7.11 Å². The summed E-state index contributed by atoms with van der Waals surface area (Å²) in [6, 6.07) is 6.37. The molecule has 0 saturated carbocycles. The van der Waals surface area contributed by atoms with Crippen LogP contribution in [0.4, 0.5) is 0 Å². The van der Waals surface area contributed by atoms with Crippen molar-refractivity contribution in [3.63, 3.8) is 0 Å². The van der Waals surface area contributed by atoms with Crippen molar-refractivity contribution in [1.29, 1.82) is 0 Å². The largest absolute Gasteiger partial charge is 0.496 e. The maximum Gasteiger partial charge on any atom is 0.191 e. The number of nitrogens with zero attached hydrogens (tertiary/aromatic N) is 1. The van der Waals surface area contributed by atoms with Gasteiger partial charge in [0.1, 0.15) is 5.75 Å². The van der Waals surface area contributed by atoms with Crippen molar-refractivity contribution >= 4 is 29.9 Å². The molecule has 0 unspecified atom stereocenters. The fraction of sp³-hybridized carbons (Fsp3) is 0.682. The van der Waals surface area contributed by atoms with Crippen LogP contribution in [0.5, 0.6) is 5.75 Å². The van der Waals surface area contributed by atoms with E-state index in [4.69, 9.17) is 14.2 Å². The fourth-order valence-corrected chi connectivity index (χ4v) is 3.21. The molecule has 7 heteroatoms. The Morgan fingerprint density at radius 2 is 2.03 bits per heavy atom. The zero-order valence-corrected chi connectivity index (χ0v) is 20.5. The van der Waals surface area contributed by atoms with Gasteiger partial charge in [-0.2, -0.15) is 0 Å². The normalized spacial score (nSPS) is 14.9. The molecule has 166 valence electrons. The van der Waals surface area contributed by atoms with Crippen LogP contribution < -0.4 is 15.4 Å². The molecule has 1 aliphatic rings. The van der Waals surface area contributed by atoms with E-state index < -0.39 is 0 Å². The predicted molar refractivity (Wildman–Crippen MR) is 130 cm³/mol. The first-order valence-electron chi connectivity index (χ1n) is 10.5. The van der Waals surface area contributed by atoms with E-state index in [0.717, 1.165) is 89.0 Å². The number of halogens is 1. The Bertz CT molecular complexity index is 593. The highest BCUT2D eigenvalue weighted by molar-refractivity contribution is 14.0. The summed E-state index contributed by atoms with van der Waals surface area (Å²) >= 11 is 0. The van der Waals surface area contributed by atoms with Gasteiger partial charge in [-0.05, 0) is 62.6 Å². The summed E-state index contributed by atoms with van der Waals surface area (Å²) in [5.41, 5.74) is 2.42. The van der Waals surface area contributed by atoms with Crippen LogP contribution in [0.15, 0.2) is 23.2 Å². The van der Waals surface area contributed by atoms with Crippen LogP contribution in [-0.2, 0) is 15.9 Å². The van der Waals surface area contributed by atoms with Crippen molar-refractivity contribution in [2.75, 3.05) is 53.2 Å². The van der Waals surface area contributed by atoms with Crippen LogP contribution in [0.2, 0.25) is 0 Å². The Balaban J connectivity index is 0.00000420. The summed E-state index contributed by atoms with van der Waals surface area (Å²) in [5, 5.41) is 6.71. The Morgan fingerprint density at radius 3 is 2.76 bits per heavy atom. The van der Waals surface area contributed by atoms with Gasteiger partial charge in [0, 0.05) is 46.1 Å². The lowest BCUT2D eigenvalue weighted by Crippen LogP contribution is -2.38. The number of rotatable bonds is 11. The van der Waals surface area contributed by atoms with E-state index in [9.17, 15) is 0 Å². The number of hydrogen-bond acceptors (Lipinski definition) is 4. The first-order valence-corrected chi connectivity index (χ1v) is 10.5. The van der Waals surface area contributed by atoms with Crippen LogP contribution in [0, 0.1) is 12.8 Å². The van der Waals surface area contributed by atoms with E-state index in [1.807, 2.05) is 0 Å². The zero-order chi connectivity index (χ0) is 20.0. The van der Waals surface area contributed by atoms with Gasteiger partial charge in [0.15, 0.2) is 5.96 Å². The molecule has 0 bridgehead atoms. The van der Waals surface area contributed by atoms with Crippen molar-refractivity contribution in [2.45, 2.75) is 39.5 Å². The van der Waals surface area contributed by atoms with Gasteiger partial charge in [-0.25, -0.2) is 0 Å². The Labute approximate surface area is 193 Å². The van der Waals surface area contributed by atoms with E-state index in [1.54, 1.807) is 7.11 Å². The second-order valence-corrected chi connectivity index (χ2v) is 7.23. The maximum absolute atomic E-state index is 5.81.